The molecule has 0 saturated heterocycles. The van der Waals surface area contributed by atoms with Gasteiger partial charge in [0.25, 0.3) is 0 Å². The summed E-state index contributed by atoms with van der Waals surface area (Å²) >= 11 is 1.78. The Kier molecular flexibility index (Phi) is 6.64. The van der Waals surface area contributed by atoms with Crippen LogP contribution in [0.1, 0.15) is 35.6 Å². The molecule has 0 fully saturated rings. The molecule has 0 amide bonds. The molecule has 2 heterocycles. The fourth-order valence-electron chi connectivity index (χ4n) is 3.40. The molecule has 0 aliphatic carbocycles. The highest BCUT2D eigenvalue weighted by molar-refractivity contribution is 7.98. The van der Waals surface area contributed by atoms with Crippen molar-refractivity contribution in [3.8, 4) is 11.5 Å². The summed E-state index contributed by atoms with van der Waals surface area (Å²) in [4.78, 5) is 0. The minimum atomic E-state index is -0.256. The van der Waals surface area contributed by atoms with E-state index in [1.165, 1.54) is 24.3 Å². The fourth-order valence-corrected chi connectivity index (χ4v) is 4.26. The van der Waals surface area contributed by atoms with Crippen LogP contribution in [0, 0.1) is 11.6 Å². The number of furan rings is 1. The molecule has 0 saturated carbocycles. The first kappa shape index (κ1) is 20.4. The van der Waals surface area contributed by atoms with Crippen LogP contribution >= 0.6 is 11.8 Å². The molecule has 4 rings (SSSR count). The van der Waals surface area contributed by atoms with E-state index in [1.54, 1.807) is 18.0 Å². The van der Waals surface area contributed by atoms with Crippen LogP contribution < -0.4 is 0 Å². The Bertz CT molecular complexity index is 998. The van der Waals surface area contributed by atoms with Crippen LogP contribution in [0.5, 0.6) is 0 Å². The summed E-state index contributed by atoms with van der Waals surface area (Å²) in [7, 11) is 0. The molecule has 2 aromatic heterocycles. The van der Waals surface area contributed by atoms with Crippen molar-refractivity contribution in [2.75, 3.05) is 5.75 Å². The normalized spacial score (nSPS) is 11.3. The van der Waals surface area contributed by atoms with Crippen molar-refractivity contribution >= 4 is 11.8 Å². The molecule has 0 bridgehead atoms. The molecule has 0 atom stereocenters. The first-order valence-electron chi connectivity index (χ1n) is 9.77. The van der Waals surface area contributed by atoms with Crippen molar-refractivity contribution in [1.82, 2.24) is 5.16 Å². The maximum Gasteiger partial charge on any atom is 0.202 e. The second-order valence-corrected chi connectivity index (χ2v) is 8.12. The molecule has 0 aliphatic rings. The molecule has 0 N–H and O–H groups in total. The van der Waals surface area contributed by atoms with Gasteiger partial charge in [0.05, 0.1) is 12.0 Å². The van der Waals surface area contributed by atoms with E-state index in [2.05, 4.69) is 5.16 Å². The van der Waals surface area contributed by atoms with E-state index in [9.17, 15) is 8.78 Å². The van der Waals surface area contributed by atoms with Crippen molar-refractivity contribution in [2.45, 2.75) is 24.5 Å². The summed E-state index contributed by atoms with van der Waals surface area (Å²) in [6, 6.07) is 18.7. The summed E-state index contributed by atoms with van der Waals surface area (Å²) < 4.78 is 37.3. The van der Waals surface area contributed by atoms with Crippen molar-refractivity contribution < 1.29 is 17.7 Å². The van der Waals surface area contributed by atoms with E-state index in [1.807, 2.05) is 42.5 Å². The number of aromatic nitrogens is 1. The van der Waals surface area contributed by atoms with Crippen molar-refractivity contribution in [3.05, 3.63) is 101 Å². The molecule has 2 aromatic carbocycles. The van der Waals surface area contributed by atoms with Gasteiger partial charge in [-0.1, -0.05) is 29.4 Å². The van der Waals surface area contributed by atoms with Gasteiger partial charge in [0, 0.05) is 17.7 Å². The van der Waals surface area contributed by atoms with Gasteiger partial charge in [0.2, 0.25) is 5.76 Å². The van der Waals surface area contributed by atoms with E-state index in [-0.39, 0.29) is 17.6 Å². The molecule has 30 heavy (non-hydrogen) atoms. The summed E-state index contributed by atoms with van der Waals surface area (Å²) in [5.41, 5.74) is 2.94. The van der Waals surface area contributed by atoms with Gasteiger partial charge in [-0.15, -0.1) is 0 Å². The topological polar surface area (TPSA) is 39.2 Å². The zero-order valence-corrected chi connectivity index (χ0v) is 17.1. The molecule has 0 unspecified atom stereocenters. The average molecular weight is 426 g/mol. The van der Waals surface area contributed by atoms with Gasteiger partial charge in [0.15, 0.2) is 5.76 Å². The minimum Gasteiger partial charge on any atom is -0.461 e. The highest BCUT2D eigenvalue weighted by atomic mass is 32.2. The van der Waals surface area contributed by atoms with Gasteiger partial charge in [-0.25, -0.2) is 8.78 Å². The molecule has 0 spiro atoms. The number of hydrogen-bond acceptors (Lipinski definition) is 4. The first-order chi connectivity index (χ1) is 14.7. The number of hydrogen-bond donors (Lipinski definition) is 0. The second-order valence-electron chi connectivity index (χ2n) is 7.01. The molecule has 154 valence electrons. The lowest BCUT2D eigenvalue weighted by Gasteiger charge is -2.18. The highest BCUT2D eigenvalue weighted by Gasteiger charge is 2.15. The van der Waals surface area contributed by atoms with Gasteiger partial charge in [0.1, 0.15) is 11.6 Å². The Balaban J connectivity index is 1.32. The maximum absolute atomic E-state index is 13.3. The van der Waals surface area contributed by atoms with Crippen LogP contribution in [0.15, 0.2) is 81.9 Å². The number of rotatable bonds is 9. The minimum absolute atomic E-state index is 0.101. The Morgan fingerprint density at radius 3 is 2.13 bits per heavy atom. The molecule has 0 radical (unpaired) electrons. The Hall–Kier alpha value is -2.86. The van der Waals surface area contributed by atoms with Crippen LogP contribution in [0.3, 0.4) is 0 Å². The molecular weight excluding hydrogens is 404 g/mol. The standard InChI is InChI=1S/C24H21F2NO2S/c25-19-9-5-17(6-10-19)22(18-7-11-20(26)12-8-18)3-2-14-30-16-21-15-24(29-27-21)23-4-1-13-28-23/h1,4-13,15,22H,2-3,14,16H2. The van der Waals surface area contributed by atoms with Crippen molar-refractivity contribution in [2.24, 2.45) is 0 Å². The largest absolute Gasteiger partial charge is 0.461 e. The van der Waals surface area contributed by atoms with E-state index >= 15 is 0 Å². The molecule has 4 aromatic rings. The third kappa shape index (κ3) is 5.19. The quantitative estimate of drug-likeness (QED) is 0.269. The molecule has 0 aliphatic heterocycles. The van der Waals surface area contributed by atoms with Gasteiger partial charge in [-0.05, 0) is 66.1 Å². The monoisotopic (exact) mass is 425 g/mol. The lowest BCUT2D eigenvalue weighted by Crippen LogP contribution is -2.02. The van der Waals surface area contributed by atoms with E-state index in [4.69, 9.17) is 8.94 Å². The zero-order valence-electron chi connectivity index (χ0n) is 16.3. The predicted molar refractivity (Wildman–Crippen MR) is 114 cm³/mol. The Morgan fingerprint density at radius 2 is 1.53 bits per heavy atom. The van der Waals surface area contributed by atoms with Gasteiger partial charge in [-0.2, -0.15) is 11.8 Å². The zero-order chi connectivity index (χ0) is 20.8. The Morgan fingerprint density at radius 1 is 0.867 bits per heavy atom. The first-order valence-corrected chi connectivity index (χ1v) is 10.9. The SMILES string of the molecule is Fc1ccc(C(CCCSCc2cc(-c3ccco3)on2)c2ccc(F)cc2)cc1. The third-order valence-corrected chi connectivity index (χ3v) is 5.98. The average Bonchev–Trinajstić information content (AvgIpc) is 3.44. The second kappa shape index (κ2) is 9.76. The number of thioether (sulfide) groups is 1. The lowest BCUT2D eigenvalue weighted by molar-refractivity contribution is 0.413. The van der Waals surface area contributed by atoms with Crippen LogP contribution in [-0.4, -0.2) is 10.9 Å². The summed E-state index contributed by atoms with van der Waals surface area (Å²) in [6.07, 6.45) is 3.46. The summed E-state index contributed by atoms with van der Waals surface area (Å²) in [6.45, 7) is 0. The van der Waals surface area contributed by atoms with Crippen molar-refractivity contribution in [3.63, 3.8) is 0 Å². The number of nitrogens with zero attached hydrogens (tertiary/aromatic N) is 1. The van der Waals surface area contributed by atoms with E-state index in [0.29, 0.717) is 11.5 Å². The number of benzene rings is 2. The van der Waals surface area contributed by atoms with Gasteiger partial charge < -0.3 is 8.94 Å². The van der Waals surface area contributed by atoms with Gasteiger partial charge in [-0.3, -0.25) is 0 Å². The highest BCUT2D eigenvalue weighted by Crippen LogP contribution is 2.31. The smallest absolute Gasteiger partial charge is 0.202 e. The molecule has 6 heteroatoms. The number of halogens is 2. The third-order valence-electron chi connectivity index (χ3n) is 4.90. The van der Waals surface area contributed by atoms with Crippen LogP contribution in [0.25, 0.3) is 11.5 Å². The summed E-state index contributed by atoms with van der Waals surface area (Å²) in [5.74, 6) is 2.58. The van der Waals surface area contributed by atoms with Crippen molar-refractivity contribution in [1.29, 1.82) is 0 Å². The van der Waals surface area contributed by atoms with Gasteiger partial charge >= 0.3 is 0 Å². The van der Waals surface area contributed by atoms with Crippen LogP contribution in [0.4, 0.5) is 8.78 Å². The lowest BCUT2D eigenvalue weighted by atomic mass is 9.88. The van der Waals surface area contributed by atoms with Crippen LogP contribution in [-0.2, 0) is 5.75 Å². The van der Waals surface area contributed by atoms with Crippen LogP contribution in [0.2, 0.25) is 0 Å². The Labute approximate surface area is 178 Å². The molecular formula is C24H21F2NO2S. The fraction of sp³-hybridized carbons (Fsp3) is 0.208. The summed E-state index contributed by atoms with van der Waals surface area (Å²) in [5, 5.41) is 4.09. The van der Waals surface area contributed by atoms with E-state index < -0.39 is 0 Å². The maximum atomic E-state index is 13.3. The predicted octanol–water partition coefficient (Wildman–Crippen LogP) is 7.06. The molecule has 3 nitrogen and oxygen atoms in total. The van der Waals surface area contributed by atoms with E-state index in [0.717, 1.165) is 41.2 Å².